The molecule has 1 aliphatic heterocycles. The van der Waals surface area contributed by atoms with E-state index in [1.165, 1.54) is 0 Å². The number of cyclic esters (lactones) is 1. The summed E-state index contributed by atoms with van der Waals surface area (Å²) >= 11 is 0. The van der Waals surface area contributed by atoms with Gasteiger partial charge in [0, 0.05) is 5.92 Å². The molecule has 3 heteroatoms. The highest BCUT2D eigenvalue weighted by Gasteiger charge is 2.49. The second-order valence-corrected chi connectivity index (χ2v) is 4.05. The van der Waals surface area contributed by atoms with E-state index >= 15 is 0 Å². The smallest absolute Gasteiger partial charge is 0.316 e. The number of rotatable bonds is 2. The van der Waals surface area contributed by atoms with Crippen LogP contribution >= 0.6 is 0 Å². The van der Waals surface area contributed by atoms with Gasteiger partial charge in [-0.05, 0) is 12.5 Å². The summed E-state index contributed by atoms with van der Waals surface area (Å²) in [5, 5.41) is 9.25. The first-order valence-corrected chi connectivity index (χ1v) is 5.03. The Bertz CT molecular complexity index is 360. The summed E-state index contributed by atoms with van der Waals surface area (Å²) in [6.07, 6.45) is 0. The number of hydrogen-bond donors (Lipinski definition) is 1. The lowest BCUT2D eigenvalue weighted by Crippen LogP contribution is -2.36. The molecule has 0 saturated carbocycles. The van der Waals surface area contributed by atoms with Gasteiger partial charge in [0.2, 0.25) is 0 Å². The molecular formula is C12H14O3. The molecule has 1 fully saturated rings. The van der Waals surface area contributed by atoms with E-state index in [9.17, 15) is 9.90 Å². The third-order valence-corrected chi connectivity index (χ3v) is 3.25. The first-order chi connectivity index (χ1) is 7.19. The summed E-state index contributed by atoms with van der Waals surface area (Å²) in [6.45, 7) is 2.11. The standard InChI is InChI=1S/C12H14O3/c1-12(9-5-3-2-4-6-9)10(7-13)8-15-11(12)14/h2-6,10,13H,7-8H2,1H3. The van der Waals surface area contributed by atoms with Gasteiger partial charge in [0.1, 0.15) is 0 Å². The van der Waals surface area contributed by atoms with Crippen molar-refractivity contribution in [3.63, 3.8) is 0 Å². The quantitative estimate of drug-likeness (QED) is 0.737. The minimum Gasteiger partial charge on any atom is -0.465 e. The molecule has 0 amide bonds. The van der Waals surface area contributed by atoms with Crippen LogP contribution in [0.2, 0.25) is 0 Å². The zero-order chi connectivity index (χ0) is 10.9. The van der Waals surface area contributed by atoms with Crippen LogP contribution in [0.3, 0.4) is 0 Å². The lowest BCUT2D eigenvalue weighted by molar-refractivity contribution is -0.142. The van der Waals surface area contributed by atoms with Gasteiger partial charge >= 0.3 is 5.97 Å². The second kappa shape index (κ2) is 3.66. The molecule has 0 bridgehead atoms. The van der Waals surface area contributed by atoms with Gasteiger partial charge in [0.25, 0.3) is 0 Å². The minimum atomic E-state index is -0.698. The summed E-state index contributed by atoms with van der Waals surface area (Å²) in [5.41, 5.74) is 0.210. The second-order valence-electron chi connectivity index (χ2n) is 4.05. The Morgan fingerprint density at radius 1 is 1.47 bits per heavy atom. The lowest BCUT2D eigenvalue weighted by Gasteiger charge is -2.25. The van der Waals surface area contributed by atoms with E-state index in [4.69, 9.17) is 4.74 Å². The molecule has 0 aromatic heterocycles. The topological polar surface area (TPSA) is 46.5 Å². The molecule has 80 valence electrons. The van der Waals surface area contributed by atoms with Crippen LogP contribution in [-0.4, -0.2) is 24.3 Å². The average Bonchev–Trinajstić information content (AvgIpc) is 2.58. The number of esters is 1. The lowest BCUT2D eigenvalue weighted by atomic mass is 9.74. The molecule has 0 radical (unpaired) electrons. The monoisotopic (exact) mass is 206 g/mol. The van der Waals surface area contributed by atoms with Gasteiger partial charge in [-0.2, -0.15) is 0 Å². The molecule has 1 saturated heterocycles. The van der Waals surface area contributed by atoms with E-state index in [0.29, 0.717) is 6.61 Å². The van der Waals surface area contributed by atoms with E-state index in [-0.39, 0.29) is 18.5 Å². The molecular weight excluding hydrogens is 192 g/mol. The van der Waals surface area contributed by atoms with Crippen molar-refractivity contribution < 1.29 is 14.6 Å². The highest BCUT2D eigenvalue weighted by atomic mass is 16.5. The van der Waals surface area contributed by atoms with Gasteiger partial charge in [-0.3, -0.25) is 4.79 Å². The SMILES string of the molecule is CC1(c2ccccc2)C(=O)OCC1CO. The fourth-order valence-electron chi connectivity index (χ4n) is 2.03. The number of carbonyl (C=O) groups is 1. The van der Waals surface area contributed by atoms with Crippen LogP contribution in [0.15, 0.2) is 30.3 Å². The van der Waals surface area contributed by atoms with Crippen molar-refractivity contribution in [2.45, 2.75) is 12.3 Å². The number of carbonyl (C=O) groups excluding carboxylic acids is 1. The summed E-state index contributed by atoms with van der Waals surface area (Å²) in [5.74, 6) is -0.389. The fraction of sp³-hybridized carbons (Fsp3) is 0.417. The van der Waals surface area contributed by atoms with Crippen LogP contribution in [0.1, 0.15) is 12.5 Å². The number of aliphatic hydroxyl groups excluding tert-OH is 1. The predicted octanol–water partition coefficient (Wildman–Crippen LogP) is 1.11. The van der Waals surface area contributed by atoms with Gasteiger partial charge < -0.3 is 9.84 Å². The first kappa shape index (κ1) is 10.2. The van der Waals surface area contributed by atoms with Gasteiger partial charge in [-0.15, -0.1) is 0 Å². The van der Waals surface area contributed by atoms with Crippen molar-refractivity contribution >= 4 is 5.97 Å². The Balaban J connectivity index is 2.43. The minimum absolute atomic E-state index is 0.0306. The molecule has 2 unspecified atom stereocenters. The molecule has 0 aliphatic carbocycles. The molecule has 2 rings (SSSR count). The Morgan fingerprint density at radius 3 is 2.73 bits per heavy atom. The Morgan fingerprint density at radius 2 is 2.13 bits per heavy atom. The van der Waals surface area contributed by atoms with Crippen LogP contribution < -0.4 is 0 Å². The van der Waals surface area contributed by atoms with Crippen molar-refractivity contribution in [1.82, 2.24) is 0 Å². The third kappa shape index (κ3) is 1.43. The van der Waals surface area contributed by atoms with Crippen LogP contribution in [0, 0.1) is 5.92 Å². The summed E-state index contributed by atoms with van der Waals surface area (Å²) < 4.78 is 5.03. The molecule has 2 atom stereocenters. The molecule has 1 aromatic carbocycles. The van der Waals surface area contributed by atoms with E-state index in [0.717, 1.165) is 5.56 Å². The van der Waals surface area contributed by atoms with Crippen molar-refractivity contribution in [2.24, 2.45) is 5.92 Å². The van der Waals surface area contributed by atoms with Gasteiger partial charge in [0.05, 0.1) is 18.6 Å². The van der Waals surface area contributed by atoms with Crippen LogP contribution in [0.5, 0.6) is 0 Å². The van der Waals surface area contributed by atoms with Gasteiger partial charge in [-0.25, -0.2) is 0 Å². The number of ether oxygens (including phenoxy) is 1. The van der Waals surface area contributed by atoms with Crippen LogP contribution in [0.25, 0.3) is 0 Å². The molecule has 1 aromatic rings. The highest BCUT2D eigenvalue weighted by Crippen LogP contribution is 2.38. The molecule has 1 N–H and O–H groups in total. The first-order valence-electron chi connectivity index (χ1n) is 5.03. The fourth-order valence-corrected chi connectivity index (χ4v) is 2.03. The Kier molecular flexibility index (Phi) is 2.49. The van der Waals surface area contributed by atoms with Gasteiger partial charge in [0.15, 0.2) is 0 Å². The van der Waals surface area contributed by atoms with Crippen LogP contribution in [-0.2, 0) is 14.9 Å². The Hall–Kier alpha value is -1.35. The molecule has 1 aliphatic rings. The van der Waals surface area contributed by atoms with Crippen LogP contribution in [0.4, 0.5) is 0 Å². The van der Waals surface area contributed by atoms with E-state index in [2.05, 4.69) is 0 Å². The maximum atomic E-state index is 11.7. The zero-order valence-electron chi connectivity index (χ0n) is 8.64. The zero-order valence-corrected chi connectivity index (χ0v) is 8.64. The third-order valence-electron chi connectivity index (χ3n) is 3.25. The van der Waals surface area contributed by atoms with Crippen molar-refractivity contribution in [3.05, 3.63) is 35.9 Å². The van der Waals surface area contributed by atoms with E-state index in [1.54, 1.807) is 0 Å². The summed E-state index contributed by atoms with van der Waals surface area (Å²) in [7, 11) is 0. The number of aliphatic hydroxyl groups is 1. The van der Waals surface area contributed by atoms with Crippen molar-refractivity contribution in [1.29, 1.82) is 0 Å². The largest absolute Gasteiger partial charge is 0.465 e. The molecule has 3 nitrogen and oxygen atoms in total. The van der Waals surface area contributed by atoms with E-state index in [1.807, 2.05) is 37.3 Å². The molecule has 15 heavy (non-hydrogen) atoms. The van der Waals surface area contributed by atoms with Gasteiger partial charge in [-0.1, -0.05) is 30.3 Å². The maximum absolute atomic E-state index is 11.7. The molecule has 0 spiro atoms. The molecule has 1 heterocycles. The van der Waals surface area contributed by atoms with Crippen molar-refractivity contribution in [3.8, 4) is 0 Å². The average molecular weight is 206 g/mol. The summed E-state index contributed by atoms with van der Waals surface area (Å²) in [4.78, 5) is 11.7. The number of hydrogen-bond acceptors (Lipinski definition) is 3. The number of benzene rings is 1. The van der Waals surface area contributed by atoms with E-state index < -0.39 is 5.41 Å². The van der Waals surface area contributed by atoms with Crippen molar-refractivity contribution in [2.75, 3.05) is 13.2 Å². The highest BCUT2D eigenvalue weighted by molar-refractivity contribution is 5.85. The Labute approximate surface area is 88.7 Å². The normalized spacial score (nSPS) is 30.3. The maximum Gasteiger partial charge on any atom is 0.316 e. The summed E-state index contributed by atoms with van der Waals surface area (Å²) in [6, 6.07) is 9.48. The predicted molar refractivity (Wildman–Crippen MR) is 55.3 cm³/mol.